The first kappa shape index (κ1) is 23.9. The van der Waals surface area contributed by atoms with Gasteiger partial charge in [-0.2, -0.15) is 0 Å². The van der Waals surface area contributed by atoms with Crippen molar-refractivity contribution >= 4 is 11.8 Å². The van der Waals surface area contributed by atoms with Crippen molar-refractivity contribution in [1.82, 2.24) is 9.88 Å². The zero-order valence-corrected chi connectivity index (χ0v) is 20.1. The molecule has 6 heteroatoms. The number of likely N-dealkylation sites (N-methyl/N-ethyl adjacent to an activating group) is 1. The minimum atomic E-state index is -0.354. The standard InChI is InChI=1S/C28H32FN3O2/c1-4-31(18-21-9-8-12-23(29)17-21)24-14-16-32(19-24)27-26(28(33)34-20(2)3)25(13-15-30-27)22-10-6-5-7-11-22/h5-13,15,17,20,24H,4,14,16,18-19H2,1-3H3/t24-/m1/s1. The molecule has 1 fully saturated rings. The summed E-state index contributed by atoms with van der Waals surface area (Å²) in [6.45, 7) is 8.91. The molecule has 1 saturated heterocycles. The molecule has 0 radical (unpaired) electrons. The second-order valence-electron chi connectivity index (χ2n) is 8.96. The Hall–Kier alpha value is -3.25. The van der Waals surface area contributed by atoms with Gasteiger partial charge in [0.1, 0.15) is 17.2 Å². The molecule has 0 spiro atoms. The van der Waals surface area contributed by atoms with Gasteiger partial charge in [0.05, 0.1) is 6.10 Å². The number of rotatable bonds is 8. The molecule has 34 heavy (non-hydrogen) atoms. The van der Waals surface area contributed by atoms with E-state index in [9.17, 15) is 9.18 Å². The Labute approximate surface area is 201 Å². The Morgan fingerprint density at radius 3 is 2.68 bits per heavy atom. The van der Waals surface area contributed by atoms with E-state index >= 15 is 0 Å². The third kappa shape index (κ3) is 5.45. The molecule has 4 rings (SSSR count). The van der Waals surface area contributed by atoms with E-state index < -0.39 is 0 Å². The van der Waals surface area contributed by atoms with Gasteiger partial charge in [0.15, 0.2) is 0 Å². The lowest BCUT2D eigenvalue weighted by atomic mass is 10.0. The van der Waals surface area contributed by atoms with E-state index in [2.05, 4.69) is 21.7 Å². The predicted molar refractivity (Wildman–Crippen MR) is 133 cm³/mol. The molecule has 0 N–H and O–H groups in total. The Morgan fingerprint density at radius 2 is 1.97 bits per heavy atom. The van der Waals surface area contributed by atoms with Crippen LogP contribution in [0.15, 0.2) is 66.9 Å². The largest absolute Gasteiger partial charge is 0.459 e. The van der Waals surface area contributed by atoms with Crippen LogP contribution in [0.4, 0.5) is 10.2 Å². The van der Waals surface area contributed by atoms with E-state index in [1.165, 1.54) is 6.07 Å². The first-order chi connectivity index (χ1) is 16.5. The highest BCUT2D eigenvalue weighted by molar-refractivity contribution is 6.02. The number of esters is 1. The summed E-state index contributed by atoms with van der Waals surface area (Å²) in [5, 5.41) is 0. The van der Waals surface area contributed by atoms with E-state index in [0.29, 0.717) is 17.9 Å². The zero-order chi connectivity index (χ0) is 24.1. The first-order valence-corrected chi connectivity index (χ1v) is 11.9. The summed E-state index contributed by atoms with van der Waals surface area (Å²) < 4.78 is 19.3. The number of aromatic nitrogens is 1. The molecule has 1 aliphatic heterocycles. The fraction of sp³-hybridized carbons (Fsp3) is 0.357. The summed E-state index contributed by atoms with van der Waals surface area (Å²) in [4.78, 5) is 22.4. The molecule has 0 amide bonds. The van der Waals surface area contributed by atoms with Crippen LogP contribution in [0.2, 0.25) is 0 Å². The lowest BCUT2D eigenvalue weighted by molar-refractivity contribution is 0.0379. The van der Waals surface area contributed by atoms with Crippen molar-refractivity contribution in [2.24, 2.45) is 0 Å². The number of carbonyl (C=O) groups is 1. The van der Waals surface area contributed by atoms with Crippen molar-refractivity contribution in [3.05, 3.63) is 83.8 Å². The van der Waals surface area contributed by atoms with Gasteiger partial charge in [-0.05, 0) is 56.1 Å². The fourth-order valence-electron chi connectivity index (χ4n) is 4.62. The maximum Gasteiger partial charge on any atom is 0.342 e. The highest BCUT2D eigenvalue weighted by Crippen LogP contribution is 2.33. The summed E-state index contributed by atoms with van der Waals surface area (Å²) in [5.74, 6) is 0.0978. The van der Waals surface area contributed by atoms with Crippen molar-refractivity contribution < 1.29 is 13.9 Å². The summed E-state index contributed by atoms with van der Waals surface area (Å²) >= 11 is 0. The van der Waals surface area contributed by atoms with E-state index in [0.717, 1.165) is 42.7 Å². The summed E-state index contributed by atoms with van der Waals surface area (Å²) in [6, 6.07) is 18.8. The summed E-state index contributed by atoms with van der Waals surface area (Å²) in [5.41, 5.74) is 3.26. The molecule has 1 aliphatic rings. The van der Waals surface area contributed by atoms with Crippen molar-refractivity contribution in [2.75, 3.05) is 24.5 Å². The van der Waals surface area contributed by atoms with Gasteiger partial charge in [-0.1, -0.05) is 49.4 Å². The molecule has 0 bridgehead atoms. The van der Waals surface area contributed by atoms with E-state index in [4.69, 9.17) is 4.74 Å². The number of carbonyl (C=O) groups excluding carboxylic acids is 1. The molecule has 2 heterocycles. The number of benzene rings is 2. The summed E-state index contributed by atoms with van der Waals surface area (Å²) in [7, 11) is 0. The van der Waals surface area contributed by atoms with Gasteiger partial charge in [0.25, 0.3) is 0 Å². The van der Waals surface area contributed by atoms with Crippen LogP contribution in [0.25, 0.3) is 11.1 Å². The SMILES string of the molecule is CCN(Cc1cccc(F)c1)[C@@H]1CCN(c2nccc(-c3ccccc3)c2C(=O)OC(C)C)C1. The van der Waals surface area contributed by atoms with Crippen LogP contribution in [-0.4, -0.2) is 47.6 Å². The van der Waals surface area contributed by atoms with Gasteiger partial charge in [-0.25, -0.2) is 14.2 Å². The van der Waals surface area contributed by atoms with Crippen LogP contribution in [0.5, 0.6) is 0 Å². The maximum atomic E-state index is 13.7. The van der Waals surface area contributed by atoms with Gasteiger partial charge in [-0.15, -0.1) is 0 Å². The second kappa shape index (κ2) is 10.8. The molecule has 2 aromatic carbocycles. The predicted octanol–water partition coefficient (Wildman–Crippen LogP) is 5.55. The quantitative estimate of drug-likeness (QED) is 0.412. The van der Waals surface area contributed by atoms with Crippen LogP contribution in [-0.2, 0) is 11.3 Å². The lowest BCUT2D eigenvalue weighted by Gasteiger charge is -2.28. The second-order valence-corrected chi connectivity index (χ2v) is 8.96. The number of nitrogens with zero attached hydrogens (tertiary/aromatic N) is 3. The van der Waals surface area contributed by atoms with Crippen molar-refractivity contribution in [2.45, 2.75) is 45.9 Å². The third-order valence-electron chi connectivity index (χ3n) is 6.22. The average molecular weight is 462 g/mol. The molecule has 0 saturated carbocycles. The number of ether oxygens (including phenoxy) is 1. The smallest absolute Gasteiger partial charge is 0.342 e. The fourth-order valence-corrected chi connectivity index (χ4v) is 4.62. The number of pyridine rings is 1. The Morgan fingerprint density at radius 1 is 1.18 bits per heavy atom. The number of hydrogen-bond acceptors (Lipinski definition) is 5. The van der Waals surface area contributed by atoms with Crippen molar-refractivity contribution in [3.63, 3.8) is 0 Å². The molecule has 0 aliphatic carbocycles. The average Bonchev–Trinajstić information content (AvgIpc) is 3.32. The molecule has 1 atom stereocenters. The molecule has 1 aromatic heterocycles. The van der Waals surface area contributed by atoms with E-state index in [-0.39, 0.29) is 23.9 Å². The monoisotopic (exact) mass is 461 g/mol. The molecular formula is C28H32FN3O2. The zero-order valence-electron chi connectivity index (χ0n) is 20.1. The molecular weight excluding hydrogens is 429 g/mol. The van der Waals surface area contributed by atoms with Crippen LogP contribution < -0.4 is 4.90 Å². The van der Waals surface area contributed by atoms with Crippen LogP contribution in [0.1, 0.15) is 43.1 Å². The molecule has 0 unspecified atom stereocenters. The Kier molecular flexibility index (Phi) is 7.58. The Balaban J connectivity index is 1.62. The number of halogens is 1. The number of anilines is 1. The minimum Gasteiger partial charge on any atom is -0.459 e. The lowest BCUT2D eigenvalue weighted by Crippen LogP contribution is -2.37. The van der Waals surface area contributed by atoms with Gasteiger partial charge < -0.3 is 9.64 Å². The topological polar surface area (TPSA) is 45.7 Å². The van der Waals surface area contributed by atoms with Gasteiger partial charge in [-0.3, -0.25) is 4.90 Å². The third-order valence-corrected chi connectivity index (χ3v) is 6.22. The first-order valence-electron chi connectivity index (χ1n) is 11.9. The molecule has 178 valence electrons. The van der Waals surface area contributed by atoms with Gasteiger partial charge >= 0.3 is 5.97 Å². The maximum absolute atomic E-state index is 13.7. The minimum absolute atomic E-state index is 0.211. The number of hydrogen-bond donors (Lipinski definition) is 0. The van der Waals surface area contributed by atoms with Crippen LogP contribution in [0.3, 0.4) is 0 Å². The van der Waals surface area contributed by atoms with Crippen molar-refractivity contribution in [3.8, 4) is 11.1 Å². The summed E-state index contributed by atoms with van der Waals surface area (Å²) in [6.07, 6.45) is 2.48. The van der Waals surface area contributed by atoms with Crippen LogP contribution in [0, 0.1) is 5.82 Å². The normalized spacial score (nSPS) is 15.8. The Bertz CT molecular complexity index is 1120. The highest BCUT2D eigenvalue weighted by atomic mass is 19.1. The van der Waals surface area contributed by atoms with Gasteiger partial charge in [0, 0.05) is 37.4 Å². The highest BCUT2D eigenvalue weighted by Gasteiger charge is 2.32. The van der Waals surface area contributed by atoms with E-state index in [1.54, 1.807) is 18.3 Å². The van der Waals surface area contributed by atoms with Crippen molar-refractivity contribution in [1.29, 1.82) is 0 Å². The molecule has 5 nitrogen and oxygen atoms in total. The van der Waals surface area contributed by atoms with E-state index in [1.807, 2.05) is 56.3 Å². The van der Waals surface area contributed by atoms with Crippen LogP contribution >= 0.6 is 0 Å². The molecule has 3 aromatic rings. The van der Waals surface area contributed by atoms with Gasteiger partial charge in [0.2, 0.25) is 0 Å².